The molecule has 0 aliphatic carbocycles. The van der Waals surface area contributed by atoms with Gasteiger partial charge in [-0.1, -0.05) is 0 Å². The predicted octanol–water partition coefficient (Wildman–Crippen LogP) is 1.89. The Morgan fingerprint density at radius 1 is 1.48 bits per heavy atom. The number of rotatable bonds is 2. The zero-order valence-electron chi connectivity index (χ0n) is 11.4. The van der Waals surface area contributed by atoms with Crippen molar-refractivity contribution in [2.24, 2.45) is 0 Å². The van der Waals surface area contributed by atoms with Gasteiger partial charge in [0.05, 0.1) is 19.3 Å². The maximum Gasteiger partial charge on any atom is 0.240 e. The lowest BCUT2D eigenvalue weighted by Gasteiger charge is -2.29. The maximum atomic E-state index is 13.4. The fraction of sp³-hybridized carbons (Fsp3) is 0.500. The van der Waals surface area contributed by atoms with Gasteiger partial charge >= 0.3 is 0 Å². The van der Waals surface area contributed by atoms with Gasteiger partial charge in [0.25, 0.3) is 0 Å². The molecule has 0 radical (unpaired) electrons. The second kappa shape index (κ2) is 7.45. The molecule has 1 saturated heterocycles. The highest BCUT2D eigenvalue weighted by molar-refractivity contribution is 7.99. The van der Waals surface area contributed by atoms with Crippen LogP contribution in [0, 0.1) is 5.82 Å². The van der Waals surface area contributed by atoms with E-state index in [0.29, 0.717) is 19.8 Å². The van der Waals surface area contributed by atoms with Gasteiger partial charge in [-0.05, 0) is 30.2 Å². The summed E-state index contributed by atoms with van der Waals surface area (Å²) in [4.78, 5) is 13.3. The highest BCUT2D eigenvalue weighted by Crippen LogP contribution is 2.36. The number of nitrogens with one attached hydrogen (secondary N) is 2. The summed E-state index contributed by atoms with van der Waals surface area (Å²) < 4.78 is 18.7. The predicted molar refractivity (Wildman–Crippen MR) is 82.5 cm³/mol. The van der Waals surface area contributed by atoms with Crippen molar-refractivity contribution in [1.82, 2.24) is 10.6 Å². The topological polar surface area (TPSA) is 50.4 Å². The minimum Gasteiger partial charge on any atom is -0.378 e. The smallest absolute Gasteiger partial charge is 0.240 e. The van der Waals surface area contributed by atoms with E-state index in [1.807, 2.05) is 0 Å². The van der Waals surface area contributed by atoms with Crippen molar-refractivity contribution in [3.8, 4) is 0 Å². The lowest BCUT2D eigenvalue weighted by atomic mass is 10.0. The van der Waals surface area contributed by atoms with E-state index in [0.717, 1.165) is 22.6 Å². The second-order valence-corrected chi connectivity index (χ2v) is 6.10. The summed E-state index contributed by atoms with van der Waals surface area (Å²) in [5.74, 6) is 0.597. The first kappa shape index (κ1) is 16.5. The molecule has 1 aromatic carbocycles. The number of hydrogen-bond acceptors (Lipinski definition) is 4. The molecule has 1 amide bonds. The third kappa shape index (κ3) is 3.88. The molecule has 2 aliphatic rings. The van der Waals surface area contributed by atoms with Crippen molar-refractivity contribution in [3.05, 3.63) is 29.6 Å². The molecule has 116 valence electrons. The molecule has 0 saturated carbocycles. The van der Waals surface area contributed by atoms with E-state index in [2.05, 4.69) is 10.6 Å². The van der Waals surface area contributed by atoms with Gasteiger partial charge in [0.2, 0.25) is 5.91 Å². The number of fused-ring (bicyclic) bond motifs is 1. The van der Waals surface area contributed by atoms with Gasteiger partial charge in [-0.3, -0.25) is 4.79 Å². The average molecular weight is 333 g/mol. The Labute approximate surface area is 133 Å². The maximum absolute atomic E-state index is 13.4. The average Bonchev–Trinajstić information content (AvgIpc) is 2.49. The van der Waals surface area contributed by atoms with E-state index in [1.165, 1.54) is 12.1 Å². The summed E-state index contributed by atoms with van der Waals surface area (Å²) in [5, 5.41) is 6.14. The van der Waals surface area contributed by atoms with Crippen LogP contribution >= 0.6 is 24.2 Å². The summed E-state index contributed by atoms with van der Waals surface area (Å²) in [7, 11) is 0. The molecule has 2 aliphatic heterocycles. The van der Waals surface area contributed by atoms with Gasteiger partial charge in [0, 0.05) is 17.2 Å². The van der Waals surface area contributed by atoms with Crippen LogP contribution in [0.4, 0.5) is 4.39 Å². The van der Waals surface area contributed by atoms with Crippen LogP contribution in [-0.2, 0) is 9.53 Å². The van der Waals surface area contributed by atoms with Crippen molar-refractivity contribution in [1.29, 1.82) is 0 Å². The minimum atomic E-state index is -0.310. The van der Waals surface area contributed by atoms with E-state index < -0.39 is 0 Å². The number of carbonyl (C=O) groups is 1. The van der Waals surface area contributed by atoms with Gasteiger partial charge in [0.1, 0.15) is 11.9 Å². The first-order valence-corrected chi connectivity index (χ1v) is 7.76. The first-order valence-electron chi connectivity index (χ1n) is 6.78. The second-order valence-electron chi connectivity index (χ2n) is 4.96. The quantitative estimate of drug-likeness (QED) is 0.868. The number of amides is 1. The van der Waals surface area contributed by atoms with Crippen LogP contribution in [0.3, 0.4) is 0 Å². The van der Waals surface area contributed by atoms with Crippen LogP contribution in [0.2, 0.25) is 0 Å². The van der Waals surface area contributed by atoms with Crippen LogP contribution in [0.1, 0.15) is 18.0 Å². The highest BCUT2D eigenvalue weighted by atomic mass is 35.5. The van der Waals surface area contributed by atoms with Crippen LogP contribution in [0.15, 0.2) is 23.1 Å². The van der Waals surface area contributed by atoms with Crippen LogP contribution < -0.4 is 10.6 Å². The van der Waals surface area contributed by atoms with Gasteiger partial charge in [-0.25, -0.2) is 4.39 Å². The van der Waals surface area contributed by atoms with Crippen molar-refractivity contribution in [2.75, 3.05) is 25.5 Å². The molecule has 0 spiro atoms. The molecule has 1 aromatic rings. The molecule has 3 rings (SSSR count). The number of thioether (sulfide) groups is 1. The van der Waals surface area contributed by atoms with Gasteiger partial charge in [-0.2, -0.15) is 0 Å². The third-order valence-electron chi connectivity index (χ3n) is 3.57. The van der Waals surface area contributed by atoms with Crippen molar-refractivity contribution in [2.45, 2.75) is 23.4 Å². The number of hydrogen-bond donors (Lipinski definition) is 2. The van der Waals surface area contributed by atoms with E-state index >= 15 is 0 Å². The minimum absolute atomic E-state index is 0. The molecular weight excluding hydrogens is 315 g/mol. The fourth-order valence-corrected chi connectivity index (χ4v) is 3.63. The molecule has 4 nitrogen and oxygen atoms in total. The Bertz CT molecular complexity index is 512. The third-order valence-corrected chi connectivity index (χ3v) is 4.69. The number of halogens is 2. The molecule has 0 aromatic heterocycles. The molecule has 2 unspecified atom stereocenters. The van der Waals surface area contributed by atoms with Crippen molar-refractivity contribution >= 4 is 30.1 Å². The van der Waals surface area contributed by atoms with Crippen LogP contribution in [-0.4, -0.2) is 37.5 Å². The Kier molecular flexibility index (Phi) is 5.87. The molecule has 1 fully saturated rings. The summed E-state index contributed by atoms with van der Waals surface area (Å²) in [5.41, 5.74) is 0.881. The lowest BCUT2D eigenvalue weighted by molar-refractivity contribution is -0.126. The van der Waals surface area contributed by atoms with E-state index in [4.69, 9.17) is 4.74 Å². The standard InChI is InChI=1S/C14H17FN2O2S.ClH/c15-9-1-2-13-10(7-9)11(3-6-20-13)17-14(18)12-8-19-5-4-16-12;/h1-2,7,11-12,16H,3-6,8H2,(H,17,18);1H. The highest BCUT2D eigenvalue weighted by Gasteiger charge is 2.27. The summed E-state index contributed by atoms with van der Waals surface area (Å²) >= 11 is 1.71. The van der Waals surface area contributed by atoms with Gasteiger partial charge in [0.15, 0.2) is 0 Å². The van der Waals surface area contributed by atoms with E-state index in [9.17, 15) is 9.18 Å². The molecular formula is C14H18ClFN2O2S. The molecule has 2 atom stereocenters. The summed E-state index contributed by atoms with van der Waals surface area (Å²) in [6.45, 7) is 1.71. The zero-order valence-corrected chi connectivity index (χ0v) is 13.1. The number of carbonyl (C=O) groups excluding carboxylic acids is 1. The molecule has 0 bridgehead atoms. The zero-order chi connectivity index (χ0) is 13.9. The number of morpholine rings is 1. The Morgan fingerprint density at radius 2 is 2.33 bits per heavy atom. The van der Waals surface area contributed by atoms with Crippen molar-refractivity contribution < 1.29 is 13.9 Å². The first-order chi connectivity index (χ1) is 9.74. The van der Waals surface area contributed by atoms with Gasteiger partial charge in [-0.15, -0.1) is 24.2 Å². The fourth-order valence-electron chi connectivity index (χ4n) is 2.52. The van der Waals surface area contributed by atoms with E-state index in [1.54, 1.807) is 17.8 Å². The molecule has 7 heteroatoms. The molecule has 2 N–H and O–H groups in total. The van der Waals surface area contributed by atoms with Crippen LogP contribution in [0.5, 0.6) is 0 Å². The Morgan fingerprint density at radius 3 is 3.10 bits per heavy atom. The summed E-state index contributed by atoms with van der Waals surface area (Å²) in [6, 6.07) is 4.35. The Hall–Kier alpha value is -0.820. The summed E-state index contributed by atoms with van der Waals surface area (Å²) in [6.07, 6.45) is 0.820. The van der Waals surface area contributed by atoms with Crippen LogP contribution in [0.25, 0.3) is 0 Å². The SMILES string of the molecule is Cl.O=C(NC1CCSc2ccc(F)cc21)C1COCCN1. The van der Waals surface area contributed by atoms with Gasteiger partial charge < -0.3 is 15.4 Å². The lowest BCUT2D eigenvalue weighted by Crippen LogP contribution is -2.52. The number of benzene rings is 1. The number of ether oxygens (including phenoxy) is 1. The largest absolute Gasteiger partial charge is 0.378 e. The molecule has 2 heterocycles. The monoisotopic (exact) mass is 332 g/mol. The van der Waals surface area contributed by atoms with E-state index in [-0.39, 0.29) is 36.2 Å². The molecule has 21 heavy (non-hydrogen) atoms. The Balaban J connectivity index is 0.00000161. The van der Waals surface area contributed by atoms with Crippen molar-refractivity contribution in [3.63, 3.8) is 0 Å². The normalized spacial score (nSPS) is 24.6.